The Morgan fingerprint density at radius 2 is 2.06 bits per heavy atom. The van der Waals surface area contributed by atoms with E-state index < -0.39 is 11.7 Å². The number of halogens is 2. The highest BCUT2D eigenvalue weighted by Gasteiger charge is 2.09. The molecule has 92 valence electrons. The molecule has 0 saturated carbocycles. The van der Waals surface area contributed by atoms with Crippen LogP contribution in [0.25, 0.3) is 0 Å². The maximum atomic E-state index is 13.2. The molecule has 1 amide bonds. The van der Waals surface area contributed by atoms with Crippen LogP contribution in [0.3, 0.4) is 0 Å². The summed E-state index contributed by atoms with van der Waals surface area (Å²) in [6, 6.07) is 4.13. The average Bonchev–Trinajstić information content (AvgIpc) is 2.31. The topological polar surface area (TPSA) is 54.9 Å². The van der Waals surface area contributed by atoms with Gasteiger partial charge in [0.2, 0.25) is 0 Å². The van der Waals surface area contributed by atoms with E-state index in [1.807, 2.05) is 0 Å². The van der Waals surface area contributed by atoms with Crippen molar-refractivity contribution in [3.63, 3.8) is 0 Å². The van der Waals surface area contributed by atoms with Gasteiger partial charge in [-0.2, -0.15) is 0 Å². The average molecular weight is 310 g/mol. The number of nitrogens with zero attached hydrogens (tertiary/aromatic N) is 2. The van der Waals surface area contributed by atoms with E-state index in [4.69, 9.17) is 0 Å². The van der Waals surface area contributed by atoms with Crippen LogP contribution in [0.1, 0.15) is 15.9 Å². The van der Waals surface area contributed by atoms with Gasteiger partial charge in [0.05, 0.1) is 12.4 Å². The molecule has 0 aliphatic carbocycles. The SMILES string of the molecule is Cc1cc(F)cc(C(=O)Nc2cnc(Br)cn2)c1. The Labute approximate surface area is 111 Å². The second-order valence-corrected chi connectivity index (χ2v) is 4.51. The molecule has 2 aromatic rings. The third-order valence-electron chi connectivity index (χ3n) is 2.17. The molecule has 6 heteroatoms. The van der Waals surface area contributed by atoms with Crippen molar-refractivity contribution in [3.05, 3.63) is 52.1 Å². The summed E-state index contributed by atoms with van der Waals surface area (Å²) in [5, 5.41) is 2.54. The third kappa shape index (κ3) is 3.10. The van der Waals surface area contributed by atoms with Crippen LogP contribution in [0.4, 0.5) is 10.2 Å². The van der Waals surface area contributed by atoms with Crippen molar-refractivity contribution in [2.45, 2.75) is 6.92 Å². The van der Waals surface area contributed by atoms with E-state index in [1.165, 1.54) is 24.5 Å². The predicted molar refractivity (Wildman–Crippen MR) is 68.8 cm³/mol. The van der Waals surface area contributed by atoms with Gasteiger partial charge in [-0.15, -0.1) is 0 Å². The number of anilines is 1. The first kappa shape index (κ1) is 12.6. The van der Waals surface area contributed by atoms with Gasteiger partial charge in [0.25, 0.3) is 5.91 Å². The van der Waals surface area contributed by atoms with Gasteiger partial charge < -0.3 is 5.32 Å². The zero-order chi connectivity index (χ0) is 13.1. The van der Waals surface area contributed by atoms with Crippen LogP contribution < -0.4 is 5.32 Å². The van der Waals surface area contributed by atoms with Crippen LogP contribution in [-0.4, -0.2) is 15.9 Å². The fraction of sp³-hybridized carbons (Fsp3) is 0.0833. The molecule has 0 aliphatic heterocycles. The minimum Gasteiger partial charge on any atom is -0.305 e. The van der Waals surface area contributed by atoms with Gasteiger partial charge in [0.1, 0.15) is 10.4 Å². The first-order chi connectivity index (χ1) is 8.54. The van der Waals surface area contributed by atoms with E-state index >= 15 is 0 Å². The van der Waals surface area contributed by atoms with Gasteiger partial charge in [-0.25, -0.2) is 14.4 Å². The molecule has 0 atom stereocenters. The van der Waals surface area contributed by atoms with Gasteiger partial charge >= 0.3 is 0 Å². The highest BCUT2D eigenvalue weighted by Crippen LogP contribution is 2.11. The van der Waals surface area contributed by atoms with Gasteiger partial charge in [0.15, 0.2) is 5.82 Å². The minimum absolute atomic E-state index is 0.247. The second kappa shape index (κ2) is 5.22. The largest absolute Gasteiger partial charge is 0.305 e. The van der Waals surface area contributed by atoms with E-state index in [0.717, 1.165) is 0 Å². The number of carbonyl (C=O) groups is 1. The molecule has 1 heterocycles. The van der Waals surface area contributed by atoms with Crippen LogP contribution in [0.2, 0.25) is 0 Å². The molecular weight excluding hydrogens is 301 g/mol. The summed E-state index contributed by atoms with van der Waals surface area (Å²) in [6.07, 6.45) is 2.88. The lowest BCUT2D eigenvalue weighted by Gasteiger charge is -2.05. The fourth-order valence-corrected chi connectivity index (χ4v) is 1.64. The number of nitrogens with one attached hydrogen (secondary N) is 1. The Morgan fingerprint density at radius 1 is 1.28 bits per heavy atom. The number of amides is 1. The predicted octanol–water partition coefficient (Wildman–Crippen LogP) is 2.94. The first-order valence-corrected chi connectivity index (χ1v) is 5.90. The summed E-state index contributed by atoms with van der Waals surface area (Å²) >= 11 is 3.14. The quantitative estimate of drug-likeness (QED) is 0.928. The molecule has 0 saturated heterocycles. The molecule has 18 heavy (non-hydrogen) atoms. The number of aryl methyl sites for hydroxylation is 1. The van der Waals surface area contributed by atoms with E-state index in [9.17, 15) is 9.18 Å². The normalized spacial score (nSPS) is 10.2. The first-order valence-electron chi connectivity index (χ1n) is 5.11. The second-order valence-electron chi connectivity index (χ2n) is 3.70. The van der Waals surface area contributed by atoms with Crippen molar-refractivity contribution in [2.24, 2.45) is 0 Å². The number of aromatic nitrogens is 2. The molecule has 0 unspecified atom stereocenters. The molecule has 1 N–H and O–H groups in total. The van der Waals surface area contributed by atoms with Crippen LogP contribution in [0.15, 0.2) is 35.2 Å². The number of carbonyl (C=O) groups excluding carboxylic acids is 1. The van der Waals surface area contributed by atoms with E-state index in [-0.39, 0.29) is 5.56 Å². The van der Waals surface area contributed by atoms with Crippen molar-refractivity contribution in [3.8, 4) is 0 Å². The van der Waals surface area contributed by atoms with Crippen LogP contribution in [0, 0.1) is 12.7 Å². The molecule has 0 fully saturated rings. The van der Waals surface area contributed by atoms with Crippen LogP contribution >= 0.6 is 15.9 Å². The van der Waals surface area contributed by atoms with E-state index in [0.29, 0.717) is 16.0 Å². The number of hydrogen-bond donors (Lipinski definition) is 1. The summed E-state index contributed by atoms with van der Waals surface area (Å²) in [7, 11) is 0. The molecule has 4 nitrogen and oxygen atoms in total. The van der Waals surface area contributed by atoms with E-state index in [2.05, 4.69) is 31.2 Å². The maximum Gasteiger partial charge on any atom is 0.256 e. The molecular formula is C12H9BrFN3O. The van der Waals surface area contributed by atoms with Crippen LogP contribution in [-0.2, 0) is 0 Å². The fourth-order valence-electron chi connectivity index (χ4n) is 1.43. The molecule has 1 aromatic carbocycles. The zero-order valence-electron chi connectivity index (χ0n) is 9.45. The summed E-state index contributed by atoms with van der Waals surface area (Å²) in [6.45, 7) is 1.72. The lowest BCUT2D eigenvalue weighted by molar-refractivity contribution is 0.102. The Hall–Kier alpha value is -1.82. The Bertz CT molecular complexity index is 566. The number of benzene rings is 1. The van der Waals surface area contributed by atoms with Gasteiger partial charge in [-0.3, -0.25) is 4.79 Å². The summed E-state index contributed by atoms with van der Waals surface area (Å²) < 4.78 is 13.7. The summed E-state index contributed by atoms with van der Waals surface area (Å²) in [5.74, 6) is -0.554. The van der Waals surface area contributed by atoms with Crippen molar-refractivity contribution >= 4 is 27.7 Å². The number of hydrogen-bond acceptors (Lipinski definition) is 3. The molecule has 0 radical (unpaired) electrons. The molecule has 1 aromatic heterocycles. The highest BCUT2D eigenvalue weighted by atomic mass is 79.9. The maximum absolute atomic E-state index is 13.2. The van der Waals surface area contributed by atoms with Gasteiger partial charge in [-0.1, -0.05) is 0 Å². The Kier molecular flexibility index (Phi) is 3.66. The monoisotopic (exact) mass is 309 g/mol. The molecule has 0 bridgehead atoms. The number of rotatable bonds is 2. The zero-order valence-corrected chi connectivity index (χ0v) is 11.0. The van der Waals surface area contributed by atoms with E-state index in [1.54, 1.807) is 13.0 Å². The van der Waals surface area contributed by atoms with Gasteiger partial charge in [-0.05, 0) is 46.6 Å². The van der Waals surface area contributed by atoms with Crippen LogP contribution in [0.5, 0.6) is 0 Å². The lowest BCUT2D eigenvalue weighted by atomic mass is 10.1. The molecule has 0 spiro atoms. The van der Waals surface area contributed by atoms with Crippen molar-refractivity contribution < 1.29 is 9.18 Å². The highest BCUT2D eigenvalue weighted by molar-refractivity contribution is 9.10. The van der Waals surface area contributed by atoms with Crippen molar-refractivity contribution in [2.75, 3.05) is 5.32 Å². The lowest BCUT2D eigenvalue weighted by Crippen LogP contribution is -2.13. The standard InChI is InChI=1S/C12H9BrFN3O/c1-7-2-8(4-9(14)3-7)12(18)17-11-6-15-10(13)5-16-11/h2-6H,1H3,(H,16,17,18). The summed E-state index contributed by atoms with van der Waals surface area (Å²) in [4.78, 5) is 19.7. The minimum atomic E-state index is -0.443. The van der Waals surface area contributed by atoms with Crippen molar-refractivity contribution in [1.29, 1.82) is 0 Å². The third-order valence-corrected chi connectivity index (χ3v) is 2.58. The van der Waals surface area contributed by atoms with Gasteiger partial charge in [0, 0.05) is 5.56 Å². The summed E-state index contributed by atoms with van der Waals surface area (Å²) in [5.41, 5.74) is 0.930. The smallest absolute Gasteiger partial charge is 0.256 e. The van der Waals surface area contributed by atoms with Crippen molar-refractivity contribution in [1.82, 2.24) is 9.97 Å². The Balaban J connectivity index is 2.19. The Morgan fingerprint density at radius 3 is 2.67 bits per heavy atom. The molecule has 2 rings (SSSR count). The molecule has 0 aliphatic rings.